The van der Waals surface area contributed by atoms with Gasteiger partial charge in [0.15, 0.2) is 0 Å². The maximum atomic E-state index is 5.91. The van der Waals surface area contributed by atoms with Gasteiger partial charge < -0.3 is 16.0 Å². The molecule has 0 saturated carbocycles. The van der Waals surface area contributed by atoms with Gasteiger partial charge in [0.2, 0.25) is 0 Å². The van der Waals surface area contributed by atoms with E-state index in [1.165, 1.54) is 0 Å². The molecule has 2 aromatic carbocycles. The number of nitrogen functional groups attached to an aromatic ring is 1. The van der Waals surface area contributed by atoms with E-state index in [-0.39, 0.29) is 0 Å². The summed E-state index contributed by atoms with van der Waals surface area (Å²) in [6.45, 7) is 0. The summed E-state index contributed by atoms with van der Waals surface area (Å²) in [5.41, 5.74) is 9.74. The van der Waals surface area contributed by atoms with E-state index in [1.807, 2.05) is 42.6 Å². The van der Waals surface area contributed by atoms with Crippen LogP contribution in [0.3, 0.4) is 0 Å². The summed E-state index contributed by atoms with van der Waals surface area (Å²) in [6.07, 6.45) is 1.96. The van der Waals surface area contributed by atoms with Crippen LogP contribution in [-0.2, 0) is 0 Å². The van der Waals surface area contributed by atoms with Crippen molar-refractivity contribution in [3.63, 3.8) is 0 Å². The third kappa shape index (κ3) is 1.72. The minimum Gasteiger partial charge on any atom is -0.397 e. The number of aromatic amines is 1. The van der Waals surface area contributed by atoms with Gasteiger partial charge in [-0.05, 0) is 18.2 Å². The lowest BCUT2D eigenvalue weighted by atomic mass is 10.2. The normalized spacial score (nSPS) is 10.6. The number of hydrogen-bond donors (Lipinski definition) is 3. The fraction of sp³-hybridized carbons (Fsp3) is 0. The topological polar surface area (TPSA) is 53.8 Å². The van der Waals surface area contributed by atoms with Crippen molar-refractivity contribution in [1.29, 1.82) is 0 Å². The summed E-state index contributed by atoms with van der Waals surface area (Å²) in [5, 5.41) is 4.50. The lowest BCUT2D eigenvalue weighted by Gasteiger charge is -2.07. The Morgan fingerprint density at radius 2 is 1.65 bits per heavy atom. The maximum absolute atomic E-state index is 5.91. The Balaban J connectivity index is 2.03. The van der Waals surface area contributed by atoms with Crippen LogP contribution in [0.4, 0.5) is 17.1 Å². The van der Waals surface area contributed by atoms with Crippen LogP contribution in [0.5, 0.6) is 0 Å². The van der Waals surface area contributed by atoms with Crippen molar-refractivity contribution in [1.82, 2.24) is 4.98 Å². The molecule has 3 heteroatoms. The number of H-pyrrole nitrogens is 1. The van der Waals surface area contributed by atoms with Crippen LogP contribution in [0, 0.1) is 0 Å². The summed E-state index contributed by atoms with van der Waals surface area (Å²) in [6, 6.07) is 15.9. The minimum atomic E-state index is 0.748. The molecule has 0 saturated heterocycles. The number of benzene rings is 2. The summed E-state index contributed by atoms with van der Waals surface area (Å²) in [4.78, 5) is 3.22. The van der Waals surface area contributed by atoms with Crippen molar-refractivity contribution in [3.05, 3.63) is 54.7 Å². The van der Waals surface area contributed by atoms with Crippen molar-refractivity contribution in [2.24, 2.45) is 0 Å². The molecule has 3 rings (SSSR count). The number of rotatable bonds is 2. The maximum Gasteiger partial charge on any atom is 0.0642 e. The molecule has 17 heavy (non-hydrogen) atoms. The minimum absolute atomic E-state index is 0.748. The molecule has 0 aliphatic carbocycles. The summed E-state index contributed by atoms with van der Waals surface area (Å²) < 4.78 is 0. The van der Waals surface area contributed by atoms with Gasteiger partial charge in [-0.15, -0.1) is 0 Å². The monoisotopic (exact) mass is 223 g/mol. The molecule has 0 radical (unpaired) electrons. The second kappa shape index (κ2) is 3.87. The highest BCUT2D eigenvalue weighted by Gasteiger charge is 2.04. The van der Waals surface area contributed by atoms with E-state index < -0.39 is 0 Å². The number of para-hydroxylation sites is 3. The summed E-state index contributed by atoms with van der Waals surface area (Å²) >= 11 is 0. The van der Waals surface area contributed by atoms with Gasteiger partial charge in [-0.1, -0.05) is 30.3 Å². The van der Waals surface area contributed by atoms with E-state index in [9.17, 15) is 0 Å². The molecular formula is C14H13N3. The average Bonchev–Trinajstić information content (AvgIpc) is 2.76. The zero-order chi connectivity index (χ0) is 11.7. The molecule has 0 unspecified atom stereocenters. The first-order valence-electron chi connectivity index (χ1n) is 5.52. The van der Waals surface area contributed by atoms with E-state index in [4.69, 9.17) is 5.73 Å². The van der Waals surface area contributed by atoms with E-state index in [0.717, 1.165) is 28.0 Å². The number of anilines is 3. The Bertz CT molecular complexity index is 655. The van der Waals surface area contributed by atoms with E-state index in [2.05, 4.69) is 22.4 Å². The third-order valence-electron chi connectivity index (χ3n) is 2.82. The molecule has 0 atom stereocenters. The molecule has 0 aliphatic heterocycles. The molecule has 3 nitrogen and oxygen atoms in total. The molecule has 1 aromatic heterocycles. The molecule has 0 bridgehead atoms. The van der Waals surface area contributed by atoms with Crippen LogP contribution in [0.1, 0.15) is 0 Å². The van der Waals surface area contributed by atoms with Gasteiger partial charge in [0, 0.05) is 17.1 Å². The largest absolute Gasteiger partial charge is 0.397 e. The predicted molar refractivity (Wildman–Crippen MR) is 72.4 cm³/mol. The predicted octanol–water partition coefficient (Wildman–Crippen LogP) is 3.49. The third-order valence-corrected chi connectivity index (χ3v) is 2.82. The zero-order valence-corrected chi connectivity index (χ0v) is 9.27. The molecule has 3 aromatic rings. The Morgan fingerprint density at radius 3 is 2.53 bits per heavy atom. The first-order valence-corrected chi connectivity index (χ1v) is 5.52. The first kappa shape index (κ1) is 9.78. The van der Waals surface area contributed by atoms with Crippen molar-refractivity contribution < 1.29 is 0 Å². The Morgan fingerprint density at radius 1 is 0.882 bits per heavy atom. The fourth-order valence-electron chi connectivity index (χ4n) is 1.93. The van der Waals surface area contributed by atoms with Gasteiger partial charge in [0.05, 0.1) is 17.1 Å². The van der Waals surface area contributed by atoms with Crippen molar-refractivity contribution in [3.8, 4) is 0 Å². The molecular weight excluding hydrogens is 210 g/mol. The highest BCUT2D eigenvalue weighted by Crippen LogP contribution is 2.28. The van der Waals surface area contributed by atoms with Gasteiger partial charge >= 0.3 is 0 Å². The zero-order valence-electron chi connectivity index (χ0n) is 9.27. The standard InChI is InChI=1S/C14H13N3/c15-11-6-2-4-8-13(11)17-14-9-16-12-7-3-1-5-10(12)14/h1-9,16-17H,15H2. The molecule has 1 heterocycles. The quantitative estimate of drug-likeness (QED) is 0.582. The van der Waals surface area contributed by atoms with Gasteiger partial charge in [-0.25, -0.2) is 0 Å². The van der Waals surface area contributed by atoms with Crippen molar-refractivity contribution in [2.75, 3.05) is 11.1 Å². The van der Waals surface area contributed by atoms with E-state index in [1.54, 1.807) is 0 Å². The number of nitrogens with two attached hydrogens (primary N) is 1. The SMILES string of the molecule is Nc1ccccc1Nc1c[nH]c2ccccc12. The van der Waals surface area contributed by atoms with Crippen LogP contribution in [0.25, 0.3) is 10.9 Å². The van der Waals surface area contributed by atoms with Crippen molar-refractivity contribution in [2.45, 2.75) is 0 Å². The van der Waals surface area contributed by atoms with Crippen LogP contribution in [0.15, 0.2) is 54.7 Å². The highest BCUT2D eigenvalue weighted by molar-refractivity contribution is 5.94. The van der Waals surface area contributed by atoms with Gasteiger partial charge in [0.25, 0.3) is 0 Å². The first-order chi connectivity index (χ1) is 8.34. The Labute approximate surface area is 99.3 Å². The summed E-state index contributed by atoms with van der Waals surface area (Å²) in [7, 11) is 0. The molecule has 0 fully saturated rings. The van der Waals surface area contributed by atoms with E-state index >= 15 is 0 Å². The van der Waals surface area contributed by atoms with E-state index in [0.29, 0.717) is 0 Å². The van der Waals surface area contributed by atoms with Crippen LogP contribution in [0.2, 0.25) is 0 Å². The smallest absolute Gasteiger partial charge is 0.0642 e. The van der Waals surface area contributed by atoms with Gasteiger partial charge in [0.1, 0.15) is 0 Å². The Hall–Kier alpha value is -2.42. The number of nitrogens with one attached hydrogen (secondary N) is 2. The lowest BCUT2D eigenvalue weighted by molar-refractivity contribution is 1.46. The van der Waals surface area contributed by atoms with Gasteiger partial charge in [-0.2, -0.15) is 0 Å². The summed E-state index contributed by atoms with van der Waals surface area (Å²) in [5.74, 6) is 0. The van der Waals surface area contributed by atoms with Crippen LogP contribution >= 0.6 is 0 Å². The number of hydrogen-bond acceptors (Lipinski definition) is 2. The molecule has 0 spiro atoms. The molecule has 84 valence electrons. The molecule has 0 amide bonds. The number of fused-ring (bicyclic) bond motifs is 1. The Kier molecular flexibility index (Phi) is 2.22. The number of aromatic nitrogens is 1. The highest BCUT2D eigenvalue weighted by atomic mass is 14.9. The molecule has 4 N–H and O–H groups in total. The van der Waals surface area contributed by atoms with Crippen LogP contribution < -0.4 is 11.1 Å². The van der Waals surface area contributed by atoms with Gasteiger partial charge in [-0.3, -0.25) is 0 Å². The average molecular weight is 223 g/mol. The fourth-order valence-corrected chi connectivity index (χ4v) is 1.93. The second-order valence-corrected chi connectivity index (χ2v) is 3.96. The lowest BCUT2D eigenvalue weighted by Crippen LogP contribution is -1.94. The van der Waals surface area contributed by atoms with Crippen molar-refractivity contribution >= 4 is 28.0 Å². The molecule has 0 aliphatic rings. The van der Waals surface area contributed by atoms with Crippen LogP contribution in [-0.4, -0.2) is 4.98 Å². The second-order valence-electron chi connectivity index (χ2n) is 3.96.